The van der Waals surface area contributed by atoms with E-state index in [4.69, 9.17) is 14.5 Å². The van der Waals surface area contributed by atoms with Gasteiger partial charge in [-0.25, -0.2) is 37.6 Å². The van der Waals surface area contributed by atoms with E-state index in [1.807, 2.05) is 0 Å². The van der Waals surface area contributed by atoms with Gasteiger partial charge < -0.3 is 14.8 Å². The second-order valence-electron chi connectivity index (χ2n) is 11.6. The first-order valence-electron chi connectivity index (χ1n) is 14.7. The Kier molecular flexibility index (Phi) is 8.11. The van der Waals surface area contributed by atoms with Crippen molar-refractivity contribution in [1.29, 1.82) is 0 Å². The van der Waals surface area contributed by atoms with Crippen LogP contribution in [0.5, 0.6) is 5.88 Å². The number of methoxy groups -OCH3 is 2. The second kappa shape index (κ2) is 11.8. The molecule has 226 valence electrons. The number of aromatic nitrogens is 6. The van der Waals surface area contributed by atoms with Crippen LogP contribution in [0, 0.1) is 11.8 Å². The summed E-state index contributed by atoms with van der Waals surface area (Å²) in [5.41, 5.74) is 2.33. The van der Waals surface area contributed by atoms with Gasteiger partial charge in [0.15, 0.2) is 17.3 Å². The van der Waals surface area contributed by atoms with Crippen molar-refractivity contribution in [2.75, 3.05) is 51.5 Å². The van der Waals surface area contributed by atoms with Crippen molar-refractivity contribution >= 4 is 27.0 Å². The lowest BCUT2D eigenvalue weighted by Crippen LogP contribution is -2.41. The van der Waals surface area contributed by atoms with Gasteiger partial charge in [0.05, 0.1) is 31.4 Å². The number of hydrogen-bond donors (Lipinski definition) is 1. The third-order valence-corrected chi connectivity index (χ3v) is 10.5. The number of piperidine rings is 1. The summed E-state index contributed by atoms with van der Waals surface area (Å²) in [5.74, 6) is 2.04. The first kappa shape index (κ1) is 28.9. The molecule has 14 heteroatoms. The Morgan fingerprint density at radius 2 is 1.81 bits per heavy atom. The summed E-state index contributed by atoms with van der Waals surface area (Å²) in [6, 6.07) is -0.0522. The fourth-order valence-corrected chi connectivity index (χ4v) is 7.17. The van der Waals surface area contributed by atoms with Crippen LogP contribution >= 0.6 is 0 Å². The summed E-state index contributed by atoms with van der Waals surface area (Å²) < 4.78 is 38.8. The maximum absolute atomic E-state index is 13.9. The fraction of sp³-hybridized carbons (Fsp3) is 0.643. The van der Waals surface area contributed by atoms with Gasteiger partial charge in [-0.3, -0.25) is 9.36 Å². The Hall–Kier alpha value is -3.23. The molecule has 1 atom stereocenters. The van der Waals surface area contributed by atoms with Crippen molar-refractivity contribution in [2.24, 2.45) is 11.8 Å². The van der Waals surface area contributed by atoms with Gasteiger partial charge in [0.25, 0.3) is 5.56 Å². The standard InChI is InChI=1S/C28H38N8O5S/c1-17(19-4-5-19)36-26-21(15-30-24(34-26)22-23(20-6-7-20)31-16-32-27(22)41-3)33-25(28(36)37)29-14-18-8-10-35(11-9-18)42(38,39)13-12-40-2/h15-20H,4-14H2,1-3H3,(H,29,33). The zero-order valence-electron chi connectivity index (χ0n) is 24.3. The van der Waals surface area contributed by atoms with Gasteiger partial charge in [-0.1, -0.05) is 0 Å². The maximum Gasteiger partial charge on any atom is 0.295 e. The highest BCUT2D eigenvalue weighted by atomic mass is 32.2. The number of ether oxygens (including phenoxy) is 2. The summed E-state index contributed by atoms with van der Waals surface area (Å²) in [6.45, 7) is 3.69. The minimum Gasteiger partial charge on any atom is -0.480 e. The molecule has 3 aromatic heterocycles. The Bertz CT molecular complexity index is 1610. The molecular formula is C28H38N8O5S. The molecule has 1 unspecified atom stereocenters. The van der Waals surface area contributed by atoms with E-state index in [9.17, 15) is 13.2 Å². The second-order valence-corrected chi connectivity index (χ2v) is 13.7. The molecule has 3 aliphatic rings. The highest BCUT2D eigenvalue weighted by Crippen LogP contribution is 2.45. The lowest BCUT2D eigenvalue weighted by atomic mass is 9.98. The third-order valence-electron chi connectivity index (χ3n) is 8.64. The van der Waals surface area contributed by atoms with Gasteiger partial charge >= 0.3 is 0 Å². The molecule has 1 aliphatic heterocycles. The number of nitrogens with one attached hydrogen (secondary N) is 1. The van der Waals surface area contributed by atoms with Gasteiger partial charge in [-0.2, -0.15) is 0 Å². The van der Waals surface area contributed by atoms with Crippen LogP contribution in [-0.4, -0.2) is 88.4 Å². The third kappa shape index (κ3) is 5.84. The Balaban J connectivity index is 1.27. The molecule has 4 heterocycles. The van der Waals surface area contributed by atoms with E-state index >= 15 is 0 Å². The molecule has 1 saturated heterocycles. The molecule has 3 aromatic rings. The molecule has 0 radical (unpaired) electrons. The molecule has 1 N–H and O–H groups in total. The number of hydrogen-bond acceptors (Lipinski definition) is 11. The van der Waals surface area contributed by atoms with Gasteiger partial charge in [0.1, 0.15) is 17.4 Å². The normalized spacial score (nSPS) is 19.2. The fourth-order valence-electron chi connectivity index (χ4n) is 5.77. The minimum absolute atomic E-state index is 0.0120. The van der Waals surface area contributed by atoms with Crippen molar-refractivity contribution in [3.05, 3.63) is 28.6 Å². The van der Waals surface area contributed by atoms with Gasteiger partial charge in [-0.05, 0) is 57.3 Å². The molecule has 2 aliphatic carbocycles. The van der Waals surface area contributed by atoms with Gasteiger partial charge in [0.2, 0.25) is 15.9 Å². The molecular weight excluding hydrogens is 560 g/mol. The zero-order valence-corrected chi connectivity index (χ0v) is 25.1. The number of anilines is 1. The summed E-state index contributed by atoms with van der Waals surface area (Å²) >= 11 is 0. The van der Waals surface area contributed by atoms with Crippen molar-refractivity contribution < 1.29 is 17.9 Å². The molecule has 6 rings (SSSR count). The van der Waals surface area contributed by atoms with E-state index in [0.29, 0.717) is 72.7 Å². The molecule has 3 fully saturated rings. The predicted octanol–water partition coefficient (Wildman–Crippen LogP) is 2.60. The average molecular weight is 599 g/mol. The van der Waals surface area contributed by atoms with E-state index in [2.05, 4.69) is 32.2 Å². The van der Waals surface area contributed by atoms with Crippen molar-refractivity contribution in [1.82, 2.24) is 33.8 Å². The van der Waals surface area contributed by atoms with Crippen molar-refractivity contribution in [3.63, 3.8) is 0 Å². The Morgan fingerprint density at radius 1 is 1.05 bits per heavy atom. The molecule has 0 amide bonds. The number of rotatable bonds is 12. The lowest BCUT2D eigenvalue weighted by Gasteiger charge is -2.31. The Labute approximate surface area is 245 Å². The van der Waals surface area contributed by atoms with Crippen LogP contribution in [0.1, 0.15) is 63.1 Å². The monoisotopic (exact) mass is 598 g/mol. The van der Waals surface area contributed by atoms with Crippen molar-refractivity contribution in [3.8, 4) is 17.3 Å². The topological polar surface area (TPSA) is 154 Å². The zero-order chi connectivity index (χ0) is 29.4. The first-order valence-corrected chi connectivity index (χ1v) is 16.3. The van der Waals surface area contributed by atoms with Crippen LogP contribution in [-0.2, 0) is 14.8 Å². The summed E-state index contributed by atoms with van der Waals surface area (Å²) in [5, 5.41) is 3.29. The molecule has 42 heavy (non-hydrogen) atoms. The summed E-state index contributed by atoms with van der Waals surface area (Å²) in [4.78, 5) is 36.9. The molecule has 2 saturated carbocycles. The van der Waals surface area contributed by atoms with Gasteiger partial charge in [0, 0.05) is 38.7 Å². The van der Waals surface area contributed by atoms with Crippen LogP contribution in [0.25, 0.3) is 22.6 Å². The molecule has 13 nitrogen and oxygen atoms in total. The van der Waals surface area contributed by atoms with E-state index < -0.39 is 10.0 Å². The predicted molar refractivity (Wildman–Crippen MR) is 157 cm³/mol. The van der Waals surface area contributed by atoms with Crippen LogP contribution in [0.15, 0.2) is 17.3 Å². The van der Waals surface area contributed by atoms with Crippen LogP contribution in [0.3, 0.4) is 0 Å². The molecule has 0 aromatic carbocycles. The lowest BCUT2D eigenvalue weighted by molar-refractivity contribution is 0.213. The number of nitrogens with zero attached hydrogens (tertiary/aromatic N) is 7. The summed E-state index contributed by atoms with van der Waals surface area (Å²) in [6.07, 6.45) is 8.79. The smallest absolute Gasteiger partial charge is 0.295 e. The van der Waals surface area contributed by atoms with E-state index in [1.54, 1.807) is 17.9 Å². The average Bonchev–Trinajstić information content (AvgIpc) is 3.92. The van der Waals surface area contributed by atoms with Gasteiger partial charge in [-0.15, -0.1) is 0 Å². The van der Waals surface area contributed by atoms with Crippen LogP contribution in [0.2, 0.25) is 0 Å². The Morgan fingerprint density at radius 3 is 2.48 bits per heavy atom. The minimum atomic E-state index is -3.32. The number of sulfonamides is 1. The molecule has 0 spiro atoms. The highest BCUT2D eigenvalue weighted by molar-refractivity contribution is 7.89. The first-order chi connectivity index (χ1) is 20.3. The largest absolute Gasteiger partial charge is 0.480 e. The summed E-state index contributed by atoms with van der Waals surface area (Å²) in [7, 11) is -0.257. The number of fused-ring (bicyclic) bond motifs is 1. The maximum atomic E-state index is 13.9. The van der Waals surface area contributed by atoms with E-state index in [-0.39, 0.29) is 35.7 Å². The van der Waals surface area contributed by atoms with Crippen LogP contribution < -0.4 is 15.6 Å². The van der Waals surface area contributed by atoms with Crippen LogP contribution in [0.4, 0.5) is 5.82 Å². The van der Waals surface area contributed by atoms with E-state index in [0.717, 1.165) is 31.4 Å². The highest BCUT2D eigenvalue weighted by Gasteiger charge is 2.34. The van der Waals surface area contributed by atoms with Crippen molar-refractivity contribution in [2.45, 2.75) is 57.4 Å². The molecule has 0 bridgehead atoms. The SMILES string of the molecule is COCCS(=O)(=O)N1CCC(CNc2nc3cnc(-c4c(OC)ncnc4C4CC4)nc3n(C(C)C3CC3)c2=O)CC1. The quantitative estimate of drug-likeness (QED) is 0.327. The van der Waals surface area contributed by atoms with E-state index in [1.165, 1.54) is 17.7 Å².